The van der Waals surface area contributed by atoms with Crippen molar-refractivity contribution in [3.63, 3.8) is 0 Å². The molecule has 0 aliphatic heterocycles. The van der Waals surface area contributed by atoms with E-state index < -0.39 is 0 Å². The SMILES string of the molecule is CCCCCCC1=C(CCCCCC)C2=C(C#N)CCC(C#N)=C12. The van der Waals surface area contributed by atoms with Crippen molar-refractivity contribution < 1.29 is 0 Å². The van der Waals surface area contributed by atoms with Gasteiger partial charge < -0.3 is 0 Å². The molecule has 0 atom stereocenters. The third-order valence-electron chi connectivity index (χ3n) is 5.28. The Morgan fingerprint density at radius 1 is 0.667 bits per heavy atom. The van der Waals surface area contributed by atoms with Crippen LogP contribution in [0.3, 0.4) is 0 Å². The fraction of sp³-hybridized carbons (Fsp3) is 0.636. The summed E-state index contributed by atoms with van der Waals surface area (Å²) >= 11 is 0. The molecule has 0 aromatic heterocycles. The molecular formula is C22H30N2. The van der Waals surface area contributed by atoms with Crippen LogP contribution in [0.25, 0.3) is 0 Å². The Bertz CT molecular complexity index is 576. The standard InChI is InChI=1S/C22H30N2/c1-3-5-7-9-11-19-20(12-10-8-6-4-2)22-18(16-24)14-13-17(15-23)21(19)22/h3-14H2,1-2H3. The highest BCUT2D eigenvalue weighted by atomic mass is 14.4. The lowest BCUT2D eigenvalue weighted by Gasteiger charge is -2.36. The molecule has 2 heteroatoms. The van der Waals surface area contributed by atoms with Crippen LogP contribution in [0.2, 0.25) is 0 Å². The summed E-state index contributed by atoms with van der Waals surface area (Å²) in [5.41, 5.74) is 7.02. The molecule has 2 nitrogen and oxygen atoms in total. The maximum Gasteiger partial charge on any atom is 0.0953 e. The molecule has 0 unspecified atom stereocenters. The smallest absolute Gasteiger partial charge is 0.0953 e. The molecule has 2 aliphatic rings. The second-order valence-electron chi connectivity index (χ2n) is 7.01. The maximum atomic E-state index is 9.50. The molecule has 0 heterocycles. The number of rotatable bonds is 10. The molecular weight excluding hydrogens is 292 g/mol. The van der Waals surface area contributed by atoms with Crippen LogP contribution in [0.4, 0.5) is 0 Å². The third-order valence-corrected chi connectivity index (χ3v) is 5.28. The van der Waals surface area contributed by atoms with E-state index in [4.69, 9.17) is 0 Å². The first-order valence-corrected chi connectivity index (χ1v) is 9.78. The fourth-order valence-corrected chi connectivity index (χ4v) is 3.94. The minimum Gasteiger partial charge on any atom is -0.193 e. The second kappa shape index (κ2) is 9.48. The zero-order valence-corrected chi connectivity index (χ0v) is 15.4. The highest BCUT2D eigenvalue weighted by molar-refractivity contribution is 5.76. The first kappa shape index (κ1) is 18.5. The minimum atomic E-state index is 0.750. The fourth-order valence-electron chi connectivity index (χ4n) is 3.94. The van der Waals surface area contributed by atoms with E-state index in [1.165, 1.54) is 73.7 Å². The summed E-state index contributed by atoms with van der Waals surface area (Å²) in [7, 11) is 0. The zero-order chi connectivity index (χ0) is 17.4. The van der Waals surface area contributed by atoms with Crippen LogP contribution in [-0.2, 0) is 0 Å². The number of nitrogens with zero attached hydrogens (tertiary/aromatic N) is 2. The van der Waals surface area contributed by atoms with E-state index in [9.17, 15) is 10.5 Å². The van der Waals surface area contributed by atoms with Gasteiger partial charge in [0.1, 0.15) is 0 Å². The molecule has 0 saturated carbocycles. The van der Waals surface area contributed by atoms with Crippen LogP contribution in [0, 0.1) is 22.7 Å². The first-order valence-electron chi connectivity index (χ1n) is 9.78. The van der Waals surface area contributed by atoms with E-state index >= 15 is 0 Å². The monoisotopic (exact) mass is 322 g/mol. The number of hydrogen-bond acceptors (Lipinski definition) is 2. The van der Waals surface area contributed by atoms with E-state index in [1.54, 1.807) is 0 Å². The molecule has 2 rings (SSSR count). The topological polar surface area (TPSA) is 47.6 Å². The highest BCUT2D eigenvalue weighted by Gasteiger charge is 2.35. The van der Waals surface area contributed by atoms with Gasteiger partial charge in [-0.25, -0.2) is 0 Å². The van der Waals surface area contributed by atoms with E-state index in [2.05, 4.69) is 26.0 Å². The molecule has 0 saturated heterocycles. The lowest BCUT2D eigenvalue weighted by Crippen LogP contribution is -2.20. The van der Waals surface area contributed by atoms with Gasteiger partial charge in [-0.05, 0) is 49.7 Å². The molecule has 128 valence electrons. The third kappa shape index (κ3) is 3.99. The van der Waals surface area contributed by atoms with Gasteiger partial charge in [-0.1, -0.05) is 52.4 Å². The van der Waals surface area contributed by atoms with Crippen molar-refractivity contribution >= 4 is 0 Å². The Labute approximate surface area is 147 Å². The lowest BCUT2D eigenvalue weighted by atomic mass is 9.66. The number of allylic oxidation sites excluding steroid dienone is 6. The number of fused-ring (bicyclic) bond motifs is 1. The number of nitriles is 2. The molecule has 0 spiro atoms. The van der Waals surface area contributed by atoms with Crippen molar-refractivity contribution in [2.75, 3.05) is 0 Å². The maximum absolute atomic E-state index is 9.50. The summed E-state index contributed by atoms with van der Waals surface area (Å²) in [6.45, 7) is 4.47. The van der Waals surface area contributed by atoms with Gasteiger partial charge >= 0.3 is 0 Å². The summed E-state index contributed by atoms with van der Waals surface area (Å²) in [6.07, 6.45) is 13.7. The molecule has 0 fully saturated rings. The normalized spacial score (nSPS) is 16.7. The van der Waals surface area contributed by atoms with Crippen LogP contribution in [-0.4, -0.2) is 0 Å². The van der Waals surface area contributed by atoms with Gasteiger partial charge in [0, 0.05) is 22.3 Å². The summed E-state index contributed by atoms with van der Waals surface area (Å²) in [5.74, 6) is 0. The van der Waals surface area contributed by atoms with Crippen molar-refractivity contribution in [1.82, 2.24) is 0 Å². The minimum absolute atomic E-state index is 0.750. The quantitative estimate of drug-likeness (QED) is 0.421. The van der Waals surface area contributed by atoms with Gasteiger partial charge in [0.2, 0.25) is 0 Å². The molecule has 0 radical (unpaired) electrons. The molecule has 0 bridgehead atoms. The molecule has 0 N–H and O–H groups in total. The average molecular weight is 322 g/mol. The number of hydrogen-bond donors (Lipinski definition) is 0. The van der Waals surface area contributed by atoms with Crippen LogP contribution in [0.15, 0.2) is 33.4 Å². The zero-order valence-electron chi connectivity index (χ0n) is 15.4. The van der Waals surface area contributed by atoms with Crippen LogP contribution < -0.4 is 0 Å². The van der Waals surface area contributed by atoms with E-state index in [0.717, 1.165) is 36.8 Å². The molecule has 2 aliphatic carbocycles. The summed E-state index contributed by atoms with van der Waals surface area (Å²) in [5, 5.41) is 19.0. The van der Waals surface area contributed by atoms with Gasteiger partial charge in [0.15, 0.2) is 0 Å². The average Bonchev–Trinajstić information content (AvgIpc) is 2.60. The van der Waals surface area contributed by atoms with Gasteiger partial charge in [-0.15, -0.1) is 0 Å². The van der Waals surface area contributed by atoms with E-state index in [1.807, 2.05) is 0 Å². The molecule has 24 heavy (non-hydrogen) atoms. The lowest BCUT2D eigenvalue weighted by molar-refractivity contribution is 0.638. The van der Waals surface area contributed by atoms with Crippen molar-refractivity contribution in [3.05, 3.63) is 33.4 Å². The van der Waals surface area contributed by atoms with Crippen molar-refractivity contribution in [1.29, 1.82) is 10.5 Å². The van der Waals surface area contributed by atoms with Crippen molar-refractivity contribution in [3.8, 4) is 12.1 Å². The van der Waals surface area contributed by atoms with Crippen LogP contribution >= 0.6 is 0 Å². The van der Waals surface area contributed by atoms with Gasteiger partial charge in [0.05, 0.1) is 12.1 Å². The van der Waals surface area contributed by atoms with E-state index in [-0.39, 0.29) is 0 Å². The Morgan fingerprint density at radius 2 is 1.08 bits per heavy atom. The second-order valence-corrected chi connectivity index (χ2v) is 7.01. The largest absolute Gasteiger partial charge is 0.193 e. The van der Waals surface area contributed by atoms with Crippen LogP contribution in [0.5, 0.6) is 0 Å². The Morgan fingerprint density at radius 3 is 1.42 bits per heavy atom. The molecule has 0 amide bonds. The first-order chi connectivity index (χ1) is 11.8. The predicted octanol–water partition coefficient (Wildman–Crippen LogP) is 6.67. The predicted molar refractivity (Wildman–Crippen MR) is 99.1 cm³/mol. The van der Waals surface area contributed by atoms with Gasteiger partial charge in [0.25, 0.3) is 0 Å². The number of unbranched alkanes of at least 4 members (excludes halogenated alkanes) is 6. The van der Waals surface area contributed by atoms with Crippen molar-refractivity contribution in [2.45, 2.75) is 90.9 Å². The van der Waals surface area contributed by atoms with Gasteiger partial charge in [-0.3, -0.25) is 0 Å². The molecule has 0 aromatic rings. The van der Waals surface area contributed by atoms with E-state index in [0.29, 0.717) is 0 Å². The Balaban J connectivity index is 2.23. The van der Waals surface area contributed by atoms with Gasteiger partial charge in [-0.2, -0.15) is 10.5 Å². The summed E-state index contributed by atoms with van der Waals surface area (Å²) < 4.78 is 0. The summed E-state index contributed by atoms with van der Waals surface area (Å²) in [6, 6.07) is 4.82. The molecule has 0 aromatic carbocycles. The van der Waals surface area contributed by atoms with Crippen LogP contribution in [0.1, 0.15) is 90.9 Å². The Hall–Kier alpha value is -1.80. The summed E-state index contributed by atoms with van der Waals surface area (Å²) in [4.78, 5) is 0. The Kier molecular flexibility index (Phi) is 7.33. The van der Waals surface area contributed by atoms with Crippen molar-refractivity contribution in [2.24, 2.45) is 0 Å². The highest BCUT2D eigenvalue weighted by Crippen LogP contribution is 2.51.